The van der Waals surface area contributed by atoms with Crippen molar-refractivity contribution < 1.29 is 14.2 Å². The van der Waals surface area contributed by atoms with Gasteiger partial charge in [0.1, 0.15) is 19.8 Å². The zero-order valence-corrected chi connectivity index (χ0v) is 19.4. The van der Waals surface area contributed by atoms with Crippen LogP contribution in [0.2, 0.25) is 0 Å². The van der Waals surface area contributed by atoms with Crippen molar-refractivity contribution in [3.63, 3.8) is 0 Å². The maximum absolute atomic E-state index is 5.76. The van der Waals surface area contributed by atoms with E-state index in [9.17, 15) is 0 Å². The number of likely N-dealkylation sites (N-methyl/N-ethyl adjacent to an activating group) is 1. The molecule has 4 aromatic rings. The Morgan fingerprint density at radius 2 is 1.88 bits per heavy atom. The van der Waals surface area contributed by atoms with Crippen LogP contribution in [0, 0.1) is 0 Å². The minimum atomic E-state index is 0.488. The highest BCUT2D eigenvalue weighted by Gasteiger charge is 2.15. The first-order valence-electron chi connectivity index (χ1n) is 11.6. The van der Waals surface area contributed by atoms with Crippen LogP contribution in [0.3, 0.4) is 0 Å². The average Bonchev–Trinajstić information content (AvgIpc) is 3.30. The summed E-state index contributed by atoms with van der Waals surface area (Å²) in [5.41, 5.74) is 3.40. The Labute approximate surface area is 198 Å². The minimum Gasteiger partial charge on any atom is -0.486 e. The van der Waals surface area contributed by atoms with E-state index >= 15 is 0 Å². The lowest BCUT2D eigenvalue weighted by atomic mass is 10.1. The molecule has 0 radical (unpaired) electrons. The van der Waals surface area contributed by atoms with Crippen molar-refractivity contribution in [3.8, 4) is 28.6 Å². The lowest BCUT2D eigenvalue weighted by Crippen LogP contribution is -2.28. The van der Waals surface area contributed by atoms with E-state index in [1.807, 2.05) is 53.0 Å². The number of benzene rings is 1. The van der Waals surface area contributed by atoms with Gasteiger partial charge in [-0.3, -0.25) is 0 Å². The summed E-state index contributed by atoms with van der Waals surface area (Å²) in [6, 6.07) is 15.5. The molecule has 0 saturated heterocycles. The molecule has 0 fully saturated rings. The molecule has 9 nitrogen and oxygen atoms in total. The molecule has 0 atom stereocenters. The molecule has 1 aliphatic rings. The van der Waals surface area contributed by atoms with Gasteiger partial charge in [0, 0.05) is 18.2 Å². The van der Waals surface area contributed by atoms with Crippen LogP contribution >= 0.6 is 0 Å². The fourth-order valence-corrected chi connectivity index (χ4v) is 3.87. The second-order valence-electron chi connectivity index (χ2n) is 7.86. The third-order valence-electron chi connectivity index (χ3n) is 5.74. The summed E-state index contributed by atoms with van der Waals surface area (Å²) in [5.74, 6) is 2.59. The van der Waals surface area contributed by atoms with Gasteiger partial charge >= 0.3 is 0 Å². The summed E-state index contributed by atoms with van der Waals surface area (Å²) < 4.78 is 18.9. The number of nitrogens with zero attached hydrogens (tertiary/aromatic N) is 5. The zero-order valence-electron chi connectivity index (χ0n) is 19.4. The monoisotopic (exact) mass is 460 g/mol. The minimum absolute atomic E-state index is 0.488. The lowest BCUT2D eigenvalue weighted by molar-refractivity contribution is 0.171. The van der Waals surface area contributed by atoms with Gasteiger partial charge in [-0.25, -0.2) is 9.50 Å². The Bertz CT molecular complexity index is 1250. The molecule has 5 rings (SSSR count). The van der Waals surface area contributed by atoms with Crippen molar-refractivity contribution in [2.75, 3.05) is 44.8 Å². The molecular formula is C25H28N6O3. The summed E-state index contributed by atoms with van der Waals surface area (Å²) in [7, 11) is 0. The molecule has 176 valence electrons. The van der Waals surface area contributed by atoms with Crippen LogP contribution in [0.5, 0.6) is 17.4 Å². The molecule has 34 heavy (non-hydrogen) atoms. The second-order valence-corrected chi connectivity index (χ2v) is 7.86. The predicted octanol–water partition coefficient (Wildman–Crippen LogP) is 4.03. The highest BCUT2D eigenvalue weighted by Crippen LogP contribution is 2.34. The van der Waals surface area contributed by atoms with E-state index in [0.29, 0.717) is 31.6 Å². The SMILES string of the molecule is CCN(CC)CCOc1ccc(Nc2nc3cccc(-c4ccc5c(c4)OCCO5)n3n2)cn1. The van der Waals surface area contributed by atoms with Crippen LogP contribution in [0.4, 0.5) is 11.6 Å². The van der Waals surface area contributed by atoms with Gasteiger partial charge in [0.25, 0.3) is 0 Å². The van der Waals surface area contributed by atoms with Crippen LogP contribution in [0.1, 0.15) is 13.8 Å². The highest BCUT2D eigenvalue weighted by molar-refractivity contribution is 5.67. The number of hydrogen-bond acceptors (Lipinski definition) is 8. The van der Waals surface area contributed by atoms with Gasteiger partial charge in [0.2, 0.25) is 11.8 Å². The van der Waals surface area contributed by atoms with Crippen molar-refractivity contribution >= 4 is 17.3 Å². The van der Waals surface area contributed by atoms with Crippen LogP contribution in [-0.4, -0.2) is 63.9 Å². The van der Waals surface area contributed by atoms with Crippen molar-refractivity contribution in [2.45, 2.75) is 13.8 Å². The Kier molecular flexibility index (Phi) is 6.44. The molecule has 0 saturated carbocycles. The van der Waals surface area contributed by atoms with Crippen molar-refractivity contribution in [2.24, 2.45) is 0 Å². The van der Waals surface area contributed by atoms with Crippen LogP contribution in [-0.2, 0) is 0 Å². The molecule has 0 aliphatic carbocycles. The predicted molar refractivity (Wildman–Crippen MR) is 130 cm³/mol. The lowest BCUT2D eigenvalue weighted by Gasteiger charge is -2.19. The summed E-state index contributed by atoms with van der Waals surface area (Å²) in [6.45, 7) is 8.93. The van der Waals surface area contributed by atoms with E-state index in [1.54, 1.807) is 6.20 Å². The Hall–Kier alpha value is -3.85. The second kappa shape index (κ2) is 9.96. The first-order chi connectivity index (χ1) is 16.7. The highest BCUT2D eigenvalue weighted by atomic mass is 16.6. The van der Waals surface area contributed by atoms with Gasteiger partial charge in [0.05, 0.1) is 17.6 Å². The quantitative estimate of drug-likeness (QED) is 0.401. The van der Waals surface area contributed by atoms with E-state index < -0.39 is 0 Å². The fourth-order valence-electron chi connectivity index (χ4n) is 3.87. The number of fused-ring (bicyclic) bond motifs is 2. The molecule has 0 amide bonds. The van der Waals surface area contributed by atoms with Gasteiger partial charge in [0.15, 0.2) is 17.1 Å². The maximum Gasteiger partial charge on any atom is 0.247 e. The molecule has 3 aromatic heterocycles. The Morgan fingerprint density at radius 1 is 1.03 bits per heavy atom. The number of aromatic nitrogens is 4. The molecular weight excluding hydrogens is 432 g/mol. The van der Waals surface area contributed by atoms with Gasteiger partial charge in [-0.05, 0) is 49.5 Å². The van der Waals surface area contributed by atoms with Crippen LogP contribution < -0.4 is 19.5 Å². The van der Waals surface area contributed by atoms with Crippen molar-refractivity contribution in [1.82, 2.24) is 24.5 Å². The molecule has 0 spiro atoms. The third kappa shape index (κ3) is 4.74. The number of pyridine rings is 2. The summed E-state index contributed by atoms with van der Waals surface area (Å²) in [5, 5.41) is 7.89. The number of nitrogens with one attached hydrogen (secondary N) is 1. The Balaban J connectivity index is 1.30. The van der Waals surface area contributed by atoms with Gasteiger partial charge in [-0.15, -0.1) is 5.10 Å². The summed E-state index contributed by atoms with van der Waals surface area (Å²) >= 11 is 0. The molecule has 1 N–H and O–H groups in total. The summed E-state index contributed by atoms with van der Waals surface area (Å²) in [6.07, 6.45) is 1.72. The molecule has 0 bridgehead atoms. The van der Waals surface area contributed by atoms with Gasteiger partial charge < -0.3 is 24.4 Å². The zero-order chi connectivity index (χ0) is 23.3. The standard InChI is InChI=1S/C25H28N6O3/c1-3-30(4-2)12-13-34-24-11-9-19(17-26-24)27-25-28-23-7-5-6-20(31(23)29-25)18-8-10-21-22(16-18)33-15-14-32-21/h5-11,16-17H,3-4,12-15H2,1-2H3,(H,27,29). The molecule has 1 aromatic carbocycles. The van der Waals surface area contributed by atoms with E-state index in [2.05, 4.69) is 39.1 Å². The van der Waals surface area contributed by atoms with E-state index in [4.69, 9.17) is 14.2 Å². The smallest absolute Gasteiger partial charge is 0.247 e. The number of anilines is 2. The number of rotatable bonds is 9. The number of ether oxygens (including phenoxy) is 3. The van der Waals surface area contributed by atoms with Crippen molar-refractivity contribution in [3.05, 3.63) is 54.7 Å². The van der Waals surface area contributed by atoms with Crippen LogP contribution in [0.15, 0.2) is 54.7 Å². The molecule has 1 aliphatic heterocycles. The topological polar surface area (TPSA) is 86.0 Å². The molecule has 0 unspecified atom stereocenters. The Morgan fingerprint density at radius 3 is 2.68 bits per heavy atom. The normalized spacial score (nSPS) is 12.8. The third-order valence-corrected chi connectivity index (χ3v) is 5.74. The molecule has 4 heterocycles. The van der Waals surface area contributed by atoms with Gasteiger partial charge in [-0.1, -0.05) is 19.9 Å². The van der Waals surface area contributed by atoms with Crippen LogP contribution in [0.25, 0.3) is 16.9 Å². The largest absolute Gasteiger partial charge is 0.486 e. The number of hydrogen-bond donors (Lipinski definition) is 1. The van der Waals surface area contributed by atoms with E-state index in [0.717, 1.165) is 53.7 Å². The fraction of sp³-hybridized carbons (Fsp3) is 0.320. The first-order valence-corrected chi connectivity index (χ1v) is 11.6. The van der Waals surface area contributed by atoms with E-state index in [-0.39, 0.29) is 0 Å². The average molecular weight is 461 g/mol. The molecule has 9 heteroatoms. The first kappa shape index (κ1) is 22.0. The van der Waals surface area contributed by atoms with Crippen molar-refractivity contribution in [1.29, 1.82) is 0 Å². The van der Waals surface area contributed by atoms with Gasteiger partial charge in [-0.2, -0.15) is 4.98 Å². The maximum atomic E-state index is 5.76. The van der Waals surface area contributed by atoms with E-state index in [1.165, 1.54) is 0 Å². The summed E-state index contributed by atoms with van der Waals surface area (Å²) in [4.78, 5) is 11.3.